The molecule has 0 radical (unpaired) electrons. The van der Waals surface area contributed by atoms with Gasteiger partial charge in [0.1, 0.15) is 0 Å². The highest BCUT2D eigenvalue weighted by Crippen LogP contribution is 2.25. The van der Waals surface area contributed by atoms with E-state index in [1.807, 2.05) is 36.4 Å². The largest absolute Gasteiger partial charge is 0.356 e. The molecule has 0 unspecified atom stereocenters. The Morgan fingerprint density at radius 3 is 2.91 bits per heavy atom. The maximum Gasteiger partial charge on any atom is 0.232 e. The van der Waals surface area contributed by atoms with Gasteiger partial charge in [-0.05, 0) is 5.56 Å². The molecule has 23 heavy (non-hydrogen) atoms. The van der Waals surface area contributed by atoms with Gasteiger partial charge >= 0.3 is 0 Å². The van der Waals surface area contributed by atoms with E-state index in [1.54, 1.807) is 11.9 Å². The normalized spacial score (nSPS) is 10.1. The lowest BCUT2D eigenvalue weighted by atomic mass is 10.2. The van der Waals surface area contributed by atoms with E-state index in [4.69, 9.17) is 5.26 Å². The minimum absolute atomic E-state index is 0.0146. The van der Waals surface area contributed by atoms with E-state index in [2.05, 4.69) is 15.5 Å². The van der Waals surface area contributed by atoms with E-state index < -0.39 is 0 Å². The van der Waals surface area contributed by atoms with E-state index in [9.17, 15) is 4.79 Å². The molecule has 1 aromatic carbocycles. The summed E-state index contributed by atoms with van der Waals surface area (Å²) in [5.74, 6) is 0.286. The van der Waals surface area contributed by atoms with Crippen molar-refractivity contribution in [2.75, 3.05) is 24.7 Å². The number of rotatable bonds is 8. The van der Waals surface area contributed by atoms with Crippen LogP contribution in [0.1, 0.15) is 12.0 Å². The molecule has 120 valence electrons. The minimum atomic E-state index is -0.0146. The third-order valence-electron chi connectivity index (χ3n) is 3.00. The summed E-state index contributed by atoms with van der Waals surface area (Å²) in [6, 6.07) is 12.1. The SMILES string of the molecule is CN(CCC#N)C(=O)CSc1nnc(NCc2ccccc2)s1. The monoisotopic (exact) mass is 347 g/mol. The van der Waals surface area contributed by atoms with Crippen molar-refractivity contribution in [3.8, 4) is 6.07 Å². The van der Waals surface area contributed by atoms with Gasteiger partial charge in [0.2, 0.25) is 11.0 Å². The number of nitrogens with one attached hydrogen (secondary N) is 1. The van der Waals surface area contributed by atoms with Crippen LogP contribution in [-0.2, 0) is 11.3 Å². The van der Waals surface area contributed by atoms with Crippen LogP contribution < -0.4 is 5.32 Å². The Labute approximate surface area is 143 Å². The van der Waals surface area contributed by atoms with Gasteiger partial charge in [-0.25, -0.2) is 0 Å². The van der Waals surface area contributed by atoms with E-state index in [0.29, 0.717) is 25.3 Å². The topological polar surface area (TPSA) is 81.9 Å². The number of amides is 1. The van der Waals surface area contributed by atoms with Gasteiger partial charge in [0.25, 0.3) is 0 Å². The van der Waals surface area contributed by atoms with Crippen LogP contribution in [0.2, 0.25) is 0 Å². The van der Waals surface area contributed by atoms with E-state index in [-0.39, 0.29) is 5.91 Å². The second kappa shape index (κ2) is 9.12. The van der Waals surface area contributed by atoms with Crippen LogP contribution in [0.15, 0.2) is 34.7 Å². The van der Waals surface area contributed by atoms with Crippen LogP contribution >= 0.6 is 23.1 Å². The molecule has 2 rings (SSSR count). The number of hydrogen-bond acceptors (Lipinski definition) is 7. The number of carbonyl (C=O) groups excluding carboxylic acids is 1. The van der Waals surface area contributed by atoms with E-state index >= 15 is 0 Å². The molecule has 1 heterocycles. The van der Waals surface area contributed by atoms with E-state index in [0.717, 1.165) is 9.47 Å². The number of aromatic nitrogens is 2. The molecule has 0 aliphatic carbocycles. The fourth-order valence-electron chi connectivity index (χ4n) is 1.69. The molecule has 0 aliphatic rings. The summed E-state index contributed by atoms with van der Waals surface area (Å²) >= 11 is 2.79. The van der Waals surface area contributed by atoms with Gasteiger partial charge in [-0.3, -0.25) is 4.79 Å². The first kappa shape index (κ1) is 17.2. The van der Waals surface area contributed by atoms with Crippen LogP contribution in [0, 0.1) is 11.3 Å². The molecule has 0 aliphatic heterocycles. The van der Waals surface area contributed by atoms with Crippen molar-refractivity contribution in [1.29, 1.82) is 5.26 Å². The summed E-state index contributed by atoms with van der Waals surface area (Å²) in [7, 11) is 1.70. The fraction of sp³-hybridized carbons (Fsp3) is 0.333. The predicted octanol–water partition coefficient (Wildman–Crippen LogP) is 2.61. The van der Waals surface area contributed by atoms with Gasteiger partial charge in [0.15, 0.2) is 4.34 Å². The summed E-state index contributed by atoms with van der Waals surface area (Å²) < 4.78 is 0.752. The quantitative estimate of drug-likeness (QED) is 0.739. The van der Waals surface area contributed by atoms with Gasteiger partial charge in [0, 0.05) is 20.1 Å². The van der Waals surface area contributed by atoms with Gasteiger partial charge in [-0.2, -0.15) is 5.26 Å². The van der Waals surface area contributed by atoms with Crippen molar-refractivity contribution in [1.82, 2.24) is 15.1 Å². The Balaban J connectivity index is 1.76. The maximum absolute atomic E-state index is 11.9. The summed E-state index contributed by atoms with van der Waals surface area (Å²) in [6.07, 6.45) is 0.346. The highest BCUT2D eigenvalue weighted by molar-refractivity contribution is 8.01. The zero-order valence-electron chi connectivity index (χ0n) is 12.7. The Kier molecular flexibility index (Phi) is 6.84. The van der Waals surface area contributed by atoms with Gasteiger partial charge in [-0.15, -0.1) is 10.2 Å². The third-order valence-corrected chi connectivity index (χ3v) is 5.00. The molecule has 1 amide bonds. The number of nitrogens with zero attached hydrogens (tertiary/aromatic N) is 4. The van der Waals surface area contributed by atoms with Gasteiger partial charge in [0.05, 0.1) is 18.2 Å². The molecule has 1 N–H and O–H groups in total. The smallest absolute Gasteiger partial charge is 0.232 e. The molecule has 6 nitrogen and oxygen atoms in total. The lowest BCUT2D eigenvalue weighted by molar-refractivity contribution is -0.127. The van der Waals surface area contributed by atoms with Crippen molar-refractivity contribution in [2.24, 2.45) is 0 Å². The highest BCUT2D eigenvalue weighted by Gasteiger charge is 2.11. The summed E-state index contributed by atoms with van der Waals surface area (Å²) in [5, 5.41) is 20.6. The first-order chi connectivity index (χ1) is 11.2. The van der Waals surface area contributed by atoms with Gasteiger partial charge < -0.3 is 10.2 Å². The average Bonchev–Trinajstić information content (AvgIpc) is 3.04. The van der Waals surface area contributed by atoms with E-state index in [1.165, 1.54) is 28.7 Å². The van der Waals surface area contributed by atoms with Crippen molar-refractivity contribution < 1.29 is 4.79 Å². The molecule has 0 saturated heterocycles. The highest BCUT2D eigenvalue weighted by atomic mass is 32.2. The van der Waals surface area contributed by atoms with Crippen LogP contribution in [-0.4, -0.2) is 40.3 Å². The van der Waals surface area contributed by atoms with Crippen molar-refractivity contribution in [3.63, 3.8) is 0 Å². The fourth-order valence-corrected chi connectivity index (χ4v) is 3.38. The molecule has 0 bridgehead atoms. The molecular formula is C15H17N5OS2. The number of thioether (sulfide) groups is 1. The second-order valence-electron chi connectivity index (χ2n) is 4.72. The Bertz CT molecular complexity index is 668. The summed E-state index contributed by atoms with van der Waals surface area (Å²) in [4.78, 5) is 13.4. The summed E-state index contributed by atoms with van der Waals surface area (Å²) in [5.41, 5.74) is 1.17. The second-order valence-corrected chi connectivity index (χ2v) is 6.92. The lowest BCUT2D eigenvalue weighted by Gasteiger charge is -2.14. The third kappa shape index (κ3) is 5.88. The Hall–Kier alpha value is -2.11. The van der Waals surface area contributed by atoms with Crippen LogP contribution in [0.25, 0.3) is 0 Å². The van der Waals surface area contributed by atoms with Crippen molar-refractivity contribution in [2.45, 2.75) is 17.3 Å². The Morgan fingerprint density at radius 1 is 1.39 bits per heavy atom. The first-order valence-corrected chi connectivity index (χ1v) is 8.84. The van der Waals surface area contributed by atoms with Gasteiger partial charge in [-0.1, -0.05) is 53.4 Å². The van der Waals surface area contributed by atoms with Crippen LogP contribution in [0.3, 0.4) is 0 Å². The van der Waals surface area contributed by atoms with Crippen molar-refractivity contribution in [3.05, 3.63) is 35.9 Å². The van der Waals surface area contributed by atoms with Crippen LogP contribution in [0.4, 0.5) is 5.13 Å². The Morgan fingerprint density at radius 2 is 2.17 bits per heavy atom. The lowest BCUT2D eigenvalue weighted by Crippen LogP contribution is -2.29. The summed E-state index contributed by atoms with van der Waals surface area (Å²) in [6.45, 7) is 1.14. The molecule has 1 aromatic heterocycles. The molecule has 0 spiro atoms. The molecule has 0 fully saturated rings. The van der Waals surface area contributed by atoms with Crippen molar-refractivity contribution >= 4 is 34.1 Å². The first-order valence-electron chi connectivity index (χ1n) is 7.04. The molecule has 2 aromatic rings. The number of benzene rings is 1. The number of nitriles is 1. The zero-order valence-corrected chi connectivity index (χ0v) is 14.4. The molecule has 8 heteroatoms. The van der Waals surface area contributed by atoms with Crippen LogP contribution in [0.5, 0.6) is 0 Å². The number of hydrogen-bond donors (Lipinski definition) is 1. The molecule has 0 saturated carbocycles. The average molecular weight is 347 g/mol. The standard InChI is InChI=1S/C15H17N5OS2/c1-20(9-5-8-16)13(21)11-22-15-19-18-14(23-15)17-10-12-6-3-2-4-7-12/h2-4,6-7H,5,9-11H2,1H3,(H,17,18). The molecular weight excluding hydrogens is 330 g/mol. The number of carbonyl (C=O) groups is 1. The predicted molar refractivity (Wildman–Crippen MR) is 92.3 cm³/mol. The maximum atomic E-state index is 11.9. The molecule has 0 atom stereocenters. The minimum Gasteiger partial charge on any atom is -0.356 e. The number of anilines is 1. The zero-order chi connectivity index (χ0) is 16.5.